The van der Waals surface area contributed by atoms with Crippen molar-refractivity contribution in [2.45, 2.75) is 44.3 Å². The molecule has 2 heterocycles. The molecule has 0 saturated heterocycles. The topological polar surface area (TPSA) is 91.5 Å². The molecule has 34 heavy (non-hydrogen) atoms. The third-order valence-electron chi connectivity index (χ3n) is 8.43. The molecule has 6 atom stereocenters. The molecule has 1 fully saturated rings. The van der Waals surface area contributed by atoms with Crippen LogP contribution in [0.4, 0.5) is 0 Å². The summed E-state index contributed by atoms with van der Waals surface area (Å²) in [6.45, 7) is 2.29. The lowest BCUT2D eigenvalue weighted by Crippen LogP contribution is -2.42. The van der Waals surface area contributed by atoms with Gasteiger partial charge in [-0.3, -0.25) is 14.6 Å². The molecule has 4 aliphatic rings. The normalized spacial score (nSPS) is 34.2. The summed E-state index contributed by atoms with van der Waals surface area (Å²) in [5.74, 6) is -0.0855. The number of carbonyl (C=O) groups is 2. The summed E-state index contributed by atoms with van der Waals surface area (Å²) in [6.07, 6.45) is 11.3. The van der Waals surface area contributed by atoms with Crippen LogP contribution in [0.5, 0.6) is 0 Å². The van der Waals surface area contributed by atoms with Gasteiger partial charge in [-0.05, 0) is 41.2 Å². The van der Waals surface area contributed by atoms with E-state index in [2.05, 4.69) is 42.3 Å². The number of rotatable bonds is 3. The predicted molar refractivity (Wildman–Crippen MR) is 128 cm³/mol. The number of aromatic nitrogens is 1. The highest BCUT2D eigenvalue weighted by Gasteiger charge is 2.57. The lowest BCUT2D eigenvalue weighted by Gasteiger charge is -2.44. The van der Waals surface area contributed by atoms with Crippen molar-refractivity contribution in [3.8, 4) is 0 Å². The van der Waals surface area contributed by atoms with Gasteiger partial charge in [0.15, 0.2) is 5.78 Å². The number of allylic oxidation sites excluding steroid dienone is 4. The average molecular weight is 457 g/mol. The number of hydrogen-bond acceptors (Lipinski definition) is 5. The van der Waals surface area contributed by atoms with E-state index in [0.29, 0.717) is 17.8 Å². The molecular weight excluding hydrogens is 428 g/mol. The van der Waals surface area contributed by atoms with Crippen molar-refractivity contribution < 1.29 is 19.1 Å². The summed E-state index contributed by atoms with van der Waals surface area (Å²) in [5.41, 5.74) is 8.18. The zero-order valence-electron chi connectivity index (χ0n) is 19.4. The van der Waals surface area contributed by atoms with E-state index in [0.717, 1.165) is 22.8 Å². The van der Waals surface area contributed by atoms with Crippen molar-refractivity contribution >= 4 is 22.5 Å². The minimum atomic E-state index is -0.499. The Balaban J connectivity index is 1.39. The number of fused-ring (bicyclic) bond motifs is 4. The Kier molecular flexibility index (Phi) is 4.78. The standard InChI is InChI=1S/C28H28N2O4/c1-28-7-5-17-10-20-22(31)11-18(27(29)32)12-23(20)34-26(17)21(28)13-24(33-2)25(28)16-4-3-15-6-8-30-14-19(15)9-16/h3-10,14,18,21,24-26H,11-13H2,1-2H3,(H2,29,32)/t18?,21-,24+,25-,26+,28-/m0/s1. The summed E-state index contributed by atoms with van der Waals surface area (Å²) in [5, 5.41) is 2.28. The molecule has 6 rings (SSSR count). The first-order valence-electron chi connectivity index (χ1n) is 11.9. The van der Waals surface area contributed by atoms with Crippen LogP contribution < -0.4 is 5.73 Å². The molecule has 1 aliphatic heterocycles. The molecule has 6 nitrogen and oxygen atoms in total. The fraction of sp³-hybridized carbons (Fsp3) is 0.393. The van der Waals surface area contributed by atoms with Crippen LogP contribution in [0.25, 0.3) is 10.8 Å². The zero-order valence-corrected chi connectivity index (χ0v) is 19.4. The first-order valence-corrected chi connectivity index (χ1v) is 11.9. The number of carbonyl (C=O) groups excluding carboxylic acids is 2. The second kappa shape index (κ2) is 7.64. The molecule has 6 heteroatoms. The van der Waals surface area contributed by atoms with Gasteiger partial charge < -0.3 is 15.2 Å². The third kappa shape index (κ3) is 3.08. The molecule has 0 spiro atoms. The van der Waals surface area contributed by atoms with Gasteiger partial charge in [-0.25, -0.2) is 0 Å². The van der Waals surface area contributed by atoms with Gasteiger partial charge in [0.05, 0.1) is 17.6 Å². The number of benzene rings is 1. The van der Waals surface area contributed by atoms with Crippen LogP contribution in [-0.4, -0.2) is 36.0 Å². The lowest BCUT2D eigenvalue weighted by molar-refractivity contribution is -0.127. The van der Waals surface area contributed by atoms with Crippen molar-refractivity contribution in [2.75, 3.05) is 7.11 Å². The number of Topliss-reactive ketones (excluding diaryl/α,β-unsaturated/α-hetero) is 1. The Morgan fingerprint density at radius 3 is 2.88 bits per heavy atom. The fourth-order valence-corrected chi connectivity index (χ4v) is 6.62. The Morgan fingerprint density at radius 1 is 1.24 bits per heavy atom. The number of pyridine rings is 1. The lowest BCUT2D eigenvalue weighted by atomic mass is 9.64. The Morgan fingerprint density at radius 2 is 2.09 bits per heavy atom. The van der Waals surface area contributed by atoms with E-state index in [-0.39, 0.29) is 41.7 Å². The second-order valence-corrected chi connectivity index (χ2v) is 10.2. The molecule has 1 aromatic carbocycles. The van der Waals surface area contributed by atoms with Crippen molar-refractivity contribution in [3.05, 3.63) is 77.4 Å². The van der Waals surface area contributed by atoms with E-state index in [1.165, 1.54) is 5.56 Å². The number of methoxy groups -OCH3 is 1. The highest BCUT2D eigenvalue weighted by Crippen LogP contribution is 2.60. The molecule has 1 amide bonds. The molecular formula is C28H28N2O4. The first-order chi connectivity index (χ1) is 16.4. The van der Waals surface area contributed by atoms with Gasteiger partial charge in [0.1, 0.15) is 11.9 Å². The highest BCUT2D eigenvalue weighted by atomic mass is 16.5. The number of nitrogens with zero attached hydrogens (tertiary/aromatic N) is 1. The molecule has 2 N–H and O–H groups in total. The smallest absolute Gasteiger partial charge is 0.221 e. The number of amides is 1. The number of primary amides is 1. The highest BCUT2D eigenvalue weighted by molar-refractivity contribution is 6.02. The first kappa shape index (κ1) is 21.3. The Labute approximate surface area is 198 Å². The third-order valence-corrected chi connectivity index (χ3v) is 8.43. The minimum Gasteiger partial charge on any atom is -0.489 e. The minimum absolute atomic E-state index is 0.0263. The maximum atomic E-state index is 12.7. The number of nitrogens with two attached hydrogens (primary N) is 1. The number of ether oxygens (including phenoxy) is 2. The van der Waals surface area contributed by atoms with Crippen molar-refractivity contribution in [1.82, 2.24) is 4.98 Å². The van der Waals surface area contributed by atoms with Gasteiger partial charge in [-0.1, -0.05) is 31.2 Å². The SMILES string of the molecule is CO[C@@H]1C[C@H]2[C@@H]3OC4=C(C=C3C=C[C@]2(C)[C@H]1c1ccc2ccncc2c1)C(=O)CC(C(N)=O)C4. The van der Waals surface area contributed by atoms with Crippen LogP contribution in [0, 0.1) is 17.3 Å². The summed E-state index contributed by atoms with van der Waals surface area (Å²) in [4.78, 5) is 28.8. The van der Waals surface area contributed by atoms with E-state index in [1.54, 1.807) is 7.11 Å². The number of ketones is 1. The molecule has 174 valence electrons. The summed E-state index contributed by atoms with van der Waals surface area (Å²) < 4.78 is 12.6. The monoisotopic (exact) mass is 456 g/mol. The van der Waals surface area contributed by atoms with Gasteiger partial charge in [-0.15, -0.1) is 0 Å². The molecule has 1 aromatic heterocycles. The molecule has 3 aliphatic carbocycles. The molecule has 1 unspecified atom stereocenters. The van der Waals surface area contributed by atoms with E-state index in [4.69, 9.17) is 15.2 Å². The van der Waals surface area contributed by atoms with Crippen molar-refractivity contribution in [2.24, 2.45) is 23.0 Å². The van der Waals surface area contributed by atoms with E-state index < -0.39 is 11.8 Å². The van der Waals surface area contributed by atoms with Crippen LogP contribution in [0.2, 0.25) is 0 Å². The average Bonchev–Trinajstić information content (AvgIpc) is 3.15. The fourth-order valence-electron chi connectivity index (χ4n) is 6.62. The second-order valence-electron chi connectivity index (χ2n) is 10.2. The van der Waals surface area contributed by atoms with Gasteiger partial charge in [0, 0.05) is 55.0 Å². The van der Waals surface area contributed by atoms with Gasteiger partial charge in [-0.2, -0.15) is 0 Å². The summed E-state index contributed by atoms with van der Waals surface area (Å²) in [6, 6.07) is 8.60. The zero-order chi connectivity index (χ0) is 23.6. The molecule has 0 radical (unpaired) electrons. The van der Waals surface area contributed by atoms with Gasteiger partial charge in [0.2, 0.25) is 5.91 Å². The Hall–Kier alpha value is -3.25. The van der Waals surface area contributed by atoms with Crippen LogP contribution >= 0.6 is 0 Å². The van der Waals surface area contributed by atoms with Crippen LogP contribution in [0.1, 0.15) is 37.7 Å². The van der Waals surface area contributed by atoms with E-state index in [1.807, 2.05) is 24.5 Å². The quantitative estimate of drug-likeness (QED) is 0.755. The summed E-state index contributed by atoms with van der Waals surface area (Å²) in [7, 11) is 1.78. The van der Waals surface area contributed by atoms with Crippen LogP contribution in [0.3, 0.4) is 0 Å². The summed E-state index contributed by atoms with van der Waals surface area (Å²) >= 11 is 0. The van der Waals surface area contributed by atoms with Crippen molar-refractivity contribution in [1.29, 1.82) is 0 Å². The van der Waals surface area contributed by atoms with E-state index >= 15 is 0 Å². The van der Waals surface area contributed by atoms with Crippen LogP contribution in [-0.2, 0) is 19.1 Å². The molecule has 2 aromatic rings. The van der Waals surface area contributed by atoms with Crippen LogP contribution in [0.15, 0.2) is 71.8 Å². The van der Waals surface area contributed by atoms with Gasteiger partial charge in [0.25, 0.3) is 0 Å². The maximum Gasteiger partial charge on any atom is 0.221 e. The molecule has 0 bridgehead atoms. The predicted octanol–water partition coefficient (Wildman–Crippen LogP) is 3.97. The molecule has 1 saturated carbocycles. The number of hydrogen-bond donors (Lipinski definition) is 1. The Bertz CT molecular complexity index is 1310. The largest absolute Gasteiger partial charge is 0.489 e. The van der Waals surface area contributed by atoms with Crippen molar-refractivity contribution in [3.63, 3.8) is 0 Å². The van der Waals surface area contributed by atoms with E-state index in [9.17, 15) is 9.59 Å². The van der Waals surface area contributed by atoms with Gasteiger partial charge >= 0.3 is 0 Å². The maximum absolute atomic E-state index is 12.7.